The van der Waals surface area contributed by atoms with E-state index in [1.54, 1.807) is 6.07 Å². The molecule has 0 aliphatic heterocycles. The standard InChI is InChI=1S/C13H12FNO2/c1-7(16)17-12-5-3-9-10-6-8(14)2-4-11(10)15-13(9)12/h2,4,6,12,15H,3,5H2,1H3. The van der Waals surface area contributed by atoms with Gasteiger partial charge in [-0.05, 0) is 36.6 Å². The Morgan fingerprint density at radius 2 is 2.35 bits per heavy atom. The number of hydrogen-bond acceptors (Lipinski definition) is 2. The quantitative estimate of drug-likeness (QED) is 0.769. The molecular formula is C13H12FNO2. The summed E-state index contributed by atoms with van der Waals surface area (Å²) in [5.74, 6) is -0.525. The first kappa shape index (κ1) is 10.3. The van der Waals surface area contributed by atoms with Crippen LogP contribution in [0, 0.1) is 5.82 Å². The molecule has 0 spiro atoms. The lowest BCUT2D eigenvalue weighted by Gasteiger charge is -2.09. The molecule has 1 aromatic carbocycles. The van der Waals surface area contributed by atoms with Gasteiger partial charge in [-0.3, -0.25) is 4.79 Å². The first-order valence-electron chi connectivity index (χ1n) is 5.62. The molecule has 1 unspecified atom stereocenters. The number of esters is 1. The van der Waals surface area contributed by atoms with E-state index in [2.05, 4.69) is 4.98 Å². The van der Waals surface area contributed by atoms with Crippen LogP contribution in [0.25, 0.3) is 10.9 Å². The number of aromatic amines is 1. The summed E-state index contributed by atoms with van der Waals surface area (Å²) in [7, 11) is 0. The van der Waals surface area contributed by atoms with Crippen LogP contribution in [0.4, 0.5) is 4.39 Å². The van der Waals surface area contributed by atoms with E-state index in [4.69, 9.17) is 4.74 Å². The van der Waals surface area contributed by atoms with Gasteiger partial charge in [0.05, 0.1) is 5.69 Å². The summed E-state index contributed by atoms with van der Waals surface area (Å²) in [4.78, 5) is 14.2. The first-order chi connectivity index (χ1) is 8.15. The third-order valence-electron chi connectivity index (χ3n) is 3.19. The Labute approximate surface area is 97.6 Å². The van der Waals surface area contributed by atoms with Crippen molar-refractivity contribution in [2.24, 2.45) is 0 Å². The summed E-state index contributed by atoms with van der Waals surface area (Å²) in [5.41, 5.74) is 2.89. The van der Waals surface area contributed by atoms with Gasteiger partial charge in [0, 0.05) is 17.8 Å². The highest BCUT2D eigenvalue weighted by Crippen LogP contribution is 2.38. The predicted molar refractivity (Wildman–Crippen MR) is 61.1 cm³/mol. The number of halogens is 1. The molecule has 0 fully saturated rings. The minimum atomic E-state index is -0.285. The van der Waals surface area contributed by atoms with Crippen molar-refractivity contribution in [2.45, 2.75) is 25.9 Å². The molecule has 17 heavy (non-hydrogen) atoms. The highest BCUT2D eigenvalue weighted by Gasteiger charge is 2.28. The fraction of sp³-hybridized carbons (Fsp3) is 0.308. The van der Waals surface area contributed by atoms with E-state index in [1.165, 1.54) is 19.1 Å². The Balaban J connectivity index is 2.10. The van der Waals surface area contributed by atoms with Crippen LogP contribution in [0.5, 0.6) is 0 Å². The Bertz CT molecular complexity index is 603. The van der Waals surface area contributed by atoms with Crippen molar-refractivity contribution < 1.29 is 13.9 Å². The van der Waals surface area contributed by atoms with Crippen LogP contribution in [0.15, 0.2) is 18.2 Å². The molecule has 3 nitrogen and oxygen atoms in total. The largest absolute Gasteiger partial charge is 0.456 e. The van der Waals surface area contributed by atoms with E-state index in [9.17, 15) is 9.18 Å². The van der Waals surface area contributed by atoms with Crippen LogP contribution < -0.4 is 0 Å². The number of benzene rings is 1. The SMILES string of the molecule is CC(=O)OC1CCc2c1[nH]c1ccc(F)cc21. The van der Waals surface area contributed by atoms with Gasteiger partial charge >= 0.3 is 5.97 Å². The normalized spacial score (nSPS) is 18.4. The van der Waals surface area contributed by atoms with Crippen LogP contribution in [-0.4, -0.2) is 11.0 Å². The fourth-order valence-corrected chi connectivity index (χ4v) is 2.52. The molecule has 0 amide bonds. The molecular weight excluding hydrogens is 221 g/mol. The topological polar surface area (TPSA) is 42.1 Å². The summed E-state index contributed by atoms with van der Waals surface area (Å²) < 4.78 is 18.4. The van der Waals surface area contributed by atoms with Crippen LogP contribution in [-0.2, 0) is 16.0 Å². The molecule has 0 radical (unpaired) electrons. The molecule has 1 aliphatic carbocycles. The minimum absolute atomic E-state index is 0.210. The Hall–Kier alpha value is -1.84. The molecule has 1 atom stereocenters. The summed E-state index contributed by atoms with van der Waals surface area (Å²) >= 11 is 0. The zero-order chi connectivity index (χ0) is 12.0. The number of hydrogen-bond donors (Lipinski definition) is 1. The van der Waals surface area contributed by atoms with Gasteiger partial charge in [-0.15, -0.1) is 0 Å². The molecule has 1 aromatic heterocycles. The molecule has 0 bridgehead atoms. The zero-order valence-electron chi connectivity index (χ0n) is 9.42. The van der Waals surface area contributed by atoms with E-state index in [0.29, 0.717) is 0 Å². The molecule has 1 heterocycles. The van der Waals surface area contributed by atoms with Gasteiger partial charge in [-0.2, -0.15) is 0 Å². The van der Waals surface area contributed by atoms with Gasteiger partial charge < -0.3 is 9.72 Å². The van der Waals surface area contributed by atoms with Gasteiger partial charge in [0.1, 0.15) is 11.9 Å². The Morgan fingerprint density at radius 1 is 1.53 bits per heavy atom. The number of rotatable bonds is 1. The second kappa shape index (κ2) is 3.58. The molecule has 4 heteroatoms. The Morgan fingerprint density at radius 3 is 3.12 bits per heavy atom. The average Bonchev–Trinajstić information content (AvgIpc) is 2.78. The van der Waals surface area contributed by atoms with Gasteiger partial charge in [0.2, 0.25) is 0 Å². The van der Waals surface area contributed by atoms with Gasteiger partial charge in [-0.1, -0.05) is 0 Å². The molecule has 88 valence electrons. The smallest absolute Gasteiger partial charge is 0.303 e. The summed E-state index contributed by atoms with van der Waals surface area (Å²) in [6, 6.07) is 4.67. The second-order valence-electron chi connectivity index (χ2n) is 4.34. The molecule has 0 saturated carbocycles. The molecule has 1 aliphatic rings. The number of aryl methyl sites for hydroxylation is 1. The minimum Gasteiger partial charge on any atom is -0.456 e. The van der Waals surface area contributed by atoms with E-state index < -0.39 is 0 Å². The second-order valence-corrected chi connectivity index (χ2v) is 4.34. The van der Waals surface area contributed by atoms with Crippen molar-refractivity contribution in [3.8, 4) is 0 Å². The molecule has 1 N–H and O–H groups in total. The number of nitrogens with one attached hydrogen (secondary N) is 1. The van der Waals surface area contributed by atoms with Crippen molar-refractivity contribution in [1.29, 1.82) is 0 Å². The Kier molecular flexibility index (Phi) is 2.18. The number of H-pyrrole nitrogens is 1. The number of carbonyl (C=O) groups is 1. The molecule has 0 saturated heterocycles. The van der Waals surface area contributed by atoms with Crippen LogP contribution in [0.3, 0.4) is 0 Å². The number of fused-ring (bicyclic) bond motifs is 3. The molecule has 3 rings (SSSR count). The van der Waals surface area contributed by atoms with Crippen LogP contribution >= 0.6 is 0 Å². The van der Waals surface area contributed by atoms with Crippen molar-refractivity contribution in [1.82, 2.24) is 4.98 Å². The van der Waals surface area contributed by atoms with E-state index in [0.717, 1.165) is 35.0 Å². The highest BCUT2D eigenvalue weighted by molar-refractivity contribution is 5.85. The monoisotopic (exact) mass is 233 g/mol. The fourth-order valence-electron chi connectivity index (χ4n) is 2.52. The van der Waals surface area contributed by atoms with Crippen molar-refractivity contribution in [3.05, 3.63) is 35.3 Å². The molecule has 2 aromatic rings. The third-order valence-corrected chi connectivity index (χ3v) is 3.19. The van der Waals surface area contributed by atoms with Gasteiger partial charge in [-0.25, -0.2) is 4.39 Å². The summed E-state index contributed by atoms with van der Waals surface area (Å²) in [5, 5.41) is 0.898. The highest BCUT2D eigenvalue weighted by atomic mass is 19.1. The maximum absolute atomic E-state index is 13.2. The number of ether oxygens (including phenoxy) is 1. The number of carbonyl (C=O) groups excluding carboxylic acids is 1. The lowest BCUT2D eigenvalue weighted by Crippen LogP contribution is -2.05. The lowest BCUT2D eigenvalue weighted by atomic mass is 10.1. The summed E-state index contributed by atoms with van der Waals surface area (Å²) in [6.07, 6.45) is 1.38. The van der Waals surface area contributed by atoms with E-state index >= 15 is 0 Å². The maximum atomic E-state index is 13.2. The number of aromatic nitrogens is 1. The van der Waals surface area contributed by atoms with Gasteiger partial charge in [0.15, 0.2) is 0 Å². The zero-order valence-corrected chi connectivity index (χ0v) is 9.42. The third kappa shape index (κ3) is 1.60. The van der Waals surface area contributed by atoms with Crippen molar-refractivity contribution in [2.75, 3.05) is 0 Å². The summed E-state index contributed by atoms with van der Waals surface area (Å²) in [6.45, 7) is 1.40. The average molecular weight is 233 g/mol. The first-order valence-corrected chi connectivity index (χ1v) is 5.62. The van der Waals surface area contributed by atoms with Crippen LogP contribution in [0.2, 0.25) is 0 Å². The van der Waals surface area contributed by atoms with E-state index in [-0.39, 0.29) is 17.9 Å². The van der Waals surface area contributed by atoms with Crippen molar-refractivity contribution in [3.63, 3.8) is 0 Å². The maximum Gasteiger partial charge on any atom is 0.303 e. The van der Waals surface area contributed by atoms with E-state index in [1.807, 2.05) is 0 Å². The van der Waals surface area contributed by atoms with Crippen LogP contribution in [0.1, 0.15) is 30.7 Å². The lowest BCUT2D eigenvalue weighted by molar-refractivity contribution is -0.146. The van der Waals surface area contributed by atoms with Crippen molar-refractivity contribution >= 4 is 16.9 Å². The van der Waals surface area contributed by atoms with Gasteiger partial charge in [0.25, 0.3) is 0 Å². The predicted octanol–water partition coefficient (Wildman–Crippen LogP) is 2.86.